The summed E-state index contributed by atoms with van der Waals surface area (Å²) in [5, 5.41) is 43.6. The Bertz CT molecular complexity index is 11600. The molecule has 0 N–H and O–H groups in total. The quantitative estimate of drug-likeness (QED) is 0.162. The monoisotopic (exact) mass is 1770 g/mol. The van der Waals surface area contributed by atoms with Gasteiger partial charge in [0.1, 0.15) is 11.2 Å². The van der Waals surface area contributed by atoms with E-state index in [1.807, 2.05) is 6.07 Å². The van der Waals surface area contributed by atoms with Crippen LogP contribution in [0.5, 0.6) is 0 Å². The summed E-state index contributed by atoms with van der Waals surface area (Å²) in [5.41, 5.74) is 27.7. The average molecular weight is 1780 g/mol. The molecule has 0 saturated heterocycles. The molecular weight excluding hydrogens is 1700 g/mol. The zero-order valence-corrected chi connectivity index (χ0v) is 75.3. The molecule has 0 aliphatic carbocycles. The first kappa shape index (κ1) is 74.6. The number of hydrogen-bond donors (Lipinski definition) is 0. The highest BCUT2D eigenvalue weighted by atomic mass is 16.3. The molecule has 0 amide bonds. The third kappa shape index (κ3) is 9.58. The molecule has 35 aromatic rings. The van der Waals surface area contributed by atoms with E-state index in [9.17, 15) is 0 Å². The lowest BCUT2D eigenvalue weighted by molar-refractivity contribution is 0.669. The Morgan fingerprint density at radius 1 is 0.129 bits per heavy atom. The van der Waals surface area contributed by atoms with Crippen molar-refractivity contribution in [2.24, 2.45) is 0 Å². The topological polar surface area (TPSA) is 46.1 Å². The maximum absolute atomic E-state index is 6.40. The SMILES string of the molecule is c1ccc2c(c1)c1c3ccccc3n(-c3ccc(-n4c5ccccc5c5ccccc54)cc3)c1c1c2c2cccc3c4ccccc4n1c32.c1ccc2c(c1)ccc1c3cc(-n4c5ccccc5c5c6ccccc6c6c7cccc8c9ccccc9n(c87)c6c54)ccc3ccc21.c1ccc2c(c1)oc1cccc(-n3c4ccccc4c4c5ccccc5c5c6cccc7c8ccccc8n(c76)c5c43)c12. The predicted molar refractivity (Wildman–Crippen MR) is 593 cm³/mol. The van der Waals surface area contributed by atoms with Crippen LogP contribution in [0, 0.1) is 0 Å². The van der Waals surface area contributed by atoms with Gasteiger partial charge in [-0.05, 0) is 168 Å². The molecule has 140 heavy (non-hydrogen) atoms. The summed E-state index contributed by atoms with van der Waals surface area (Å²) in [6, 6.07) is 167. The minimum Gasteiger partial charge on any atom is -0.456 e. The number of rotatable bonds is 4. The van der Waals surface area contributed by atoms with E-state index >= 15 is 0 Å². The lowest BCUT2D eigenvalue weighted by Gasteiger charge is -2.13. The summed E-state index contributed by atoms with van der Waals surface area (Å²) < 4.78 is 24.0. The maximum atomic E-state index is 6.40. The molecule has 8 nitrogen and oxygen atoms in total. The molecule has 0 unspecified atom stereocenters. The van der Waals surface area contributed by atoms with Crippen LogP contribution >= 0.6 is 0 Å². The fourth-order valence-electron chi connectivity index (χ4n) is 26.2. The Kier molecular flexibility index (Phi) is 14.7. The molecule has 11 heterocycles. The van der Waals surface area contributed by atoms with Crippen LogP contribution in [-0.4, -0.2) is 31.5 Å². The van der Waals surface area contributed by atoms with Crippen molar-refractivity contribution in [3.05, 3.63) is 455 Å². The van der Waals surface area contributed by atoms with Gasteiger partial charge in [0.05, 0.1) is 105 Å². The van der Waals surface area contributed by atoms with Gasteiger partial charge in [-0.1, -0.05) is 352 Å². The van der Waals surface area contributed by atoms with E-state index in [1.54, 1.807) is 0 Å². The van der Waals surface area contributed by atoms with Gasteiger partial charge in [-0.2, -0.15) is 0 Å². The van der Waals surface area contributed by atoms with Crippen molar-refractivity contribution in [3.63, 3.8) is 0 Å². The molecule has 8 heteroatoms. The van der Waals surface area contributed by atoms with Crippen molar-refractivity contribution in [1.29, 1.82) is 0 Å². The largest absolute Gasteiger partial charge is 0.456 e. The van der Waals surface area contributed by atoms with E-state index in [1.165, 1.54) is 272 Å². The lowest BCUT2D eigenvalue weighted by atomic mass is 9.96. The number of para-hydroxylation sites is 12. The second-order valence-electron chi connectivity index (χ2n) is 38.2. The van der Waals surface area contributed by atoms with Crippen LogP contribution in [0.4, 0.5) is 0 Å². The number of nitrogens with zero attached hydrogens (tertiary/aromatic N) is 7. The highest BCUT2D eigenvalue weighted by molar-refractivity contribution is 6.43. The summed E-state index contributed by atoms with van der Waals surface area (Å²) >= 11 is 0. The summed E-state index contributed by atoms with van der Waals surface area (Å²) in [6.07, 6.45) is 0. The van der Waals surface area contributed by atoms with Gasteiger partial charge in [0, 0.05) is 130 Å². The van der Waals surface area contributed by atoms with Crippen LogP contribution in [0.15, 0.2) is 459 Å². The number of fused-ring (bicyclic) bond motifs is 50. The zero-order valence-electron chi connectivity index (χ0n) is 75.3. The Balaban J connectivity index is 0.0000000934. The Morgan fingerprint density at radius 2 is 0.400 bits per heavy atom. The van der Waals surface area contributed by atoms with Crippen molar-refractivity contribution in [2.45, 2.75) is 0 Å². The molecule has 0 bridgehead atoms. The van der Waals surface area contributed by atoms with Gasteiger partial charge in [0.25, 0.3) is 0 Å². The Morgan fingerprint density at radius 3 is 0.836 bits per heavy atom. The van der Waals surface area contributed by atoms with Crippen molar-refractivity contribution in [1.82, 2.24) is 31.5 Å². The number of benzene rings is 24. The van der Waals surface area contributed by atoms with Gasteiger partial charge in [-0.15, -0.1) is 0 Å². The smallest absolute Gasteiger partial charge is 0.137 e. The van der Waals surface area contributed by atoms with Gasteiger partial charge >= 0.3 is 0 Å². The zero-order chi connectivity index (χ0) is 90.7. The number of furan rings is 1. The second-order valence-corrected chi connectivity index (χ2v) is 38.2. The van der Waals surface area contributed by atoms with Gasteiger partial charge in [-0.3, -0.25) is 0 Å². The van der Waals surface area contributed by atoms with Crippen LogP contribution in [0.25, 0.3) is 311 Å². The lowest BCUT2D eigenvalue weighted by Crippen LogP contribution is -1.98. The number of hydrogen-bond acceptors (Lipinski definition) is 1. The van der Waals surface area contributed by atoms with Crippen LogP contribution < -0.4 is 0 Å². The van der Waals surface area contributed by atoms with E-state index in [0.29, 0.717) is 0 Å². The van der Waals surface area contributed by atoms with Gasteiger partial charge in [-0.25, -0.2) is 0 Å². The molecule has 0 aliphatic heterocycles. The highest BCUT2D eigenvalue weighted by Crippen LogP contribution is 2.55. The van der Waals surface area contributed by atoms with Crippen LogP contribution in [0.1, 0.15) is 0 Å². The van der Waals surface area contributed by atoms with E-state index in [0.717, 1.165) is 39.0 Å². The van der Waals surface area contributed by atoms with Crippen LogP contribution in [0.2, 0.25) is 0 Å². The molecule has 0 radical (unpaired) electrons. The molecule has 0 spiro atoms. The summed E-state index contributed by atoms with van der Waals surface area (Å²) in [4.78, 5) is 0. The first-order chi connectivity index (χ1) is 69.6. The third-order valence-corrected chi connectivity index (χ3v) is 31.5. The molecule has 11 aromatic heterocycles. The van der Waals surface area contributed by atoms with Gasteiger partial charge in [0.15, 0.2) is 0 Å². The van der Waals surface area contributed by atoms with Crippen molar-refractivity contribution >= 4 is 288 Å². The normalized spacial score (nSPS) is 12.6. The molecule has 35 rings (SSSR count). The summed E-state index contributed by atoms with van der Waals surface area (Å²) in [6.45, 7) is 0. The first-order valence-electron chi connectivity index (χ1n) is 48.5. The van der Waals surface area contributed by atoms with Crippen molar-refractivity contribution in [3.8, 4) is 22.7 Å². The standard InChI is InChI=1S/C46H27N3.C46H26N2.C40H22N2O/c1-2-16-34-33(15-1)42-36-17-6-10-23-41(36)48(45(42)46-43(34)37-19-11-18-35-32-14-5-9-22-40(32)49(46)44(35)37)29-26-24-28(25-27-29)47-38-20-7-3-12-30(38)31-13-4-8-21-39(31)47;1-2-11-30-27(10-1)21-25-32-31(30)24-22-28-20-23-29(26-39(28)32)47-41-19-8-6-15-37(41)42-34-13-3-4-14-35(34)43-38-17-9-16-36-33-12-5-7-18-40(33)48(44(36)38)46(43)45(42)47;1-2-13-25-24(12-1)35-27-14-4-7-19-31(27)41(32-20-10-22-34-37(32)28-15-5-8-21-33(28)43-34)39(35)40-36(25)29-17-9-16-26-23-11-3-6-18-30(23)42(40)38(26)29/h1-27H;1-26H;1-22H. The van der Waals surface area contributed by atoms with Crippen LogP contribution in [-0.2, 0) is 0 Å². The summed E-state index contributed by atoms with van der Waals surface area (Å²) in [5.74, 6) is 0. The second kappa shape index (κ2) is 27.5. The molecule has 0 saturated carbocycles. The molecule has 0 atom stereocenters. The van der Waals surface area contributed by atoms with E-state index in [-0.39, 0.29) is 0 Å². The predicted octanol–water partition coefficient (Wildman–Crippen LogP) is 35.7. The number of aromatic nitrogens is 7. The molecule has 24 aromatic carbocycles. The highest BCUT2D eigenvalue weighted by Gasteiger charge is 2.32. The van der Waals surface area contributed by atoms with E-state index < -0.39 is 0 Å². The first-order valence-corrected chi connectivity index (χ1v) is 48.5. The van der Waals surface area contributed by atoms with Crippen molar-refractivity contribution in [2.75, 3.05) is 0 Å². The maximum Gasteiger partial charge on any atom is 0.137 e. The fraction of sp³-hybridized carbons (Fsp3) is 0. The minimum absolute atomic E-state index is 0.902. The Labute approximate surface area is 796 Å². The molecule has 0 fully saturated rings. The van der Waals surface area contributed by atoms with Crippen molar-refractivity contribution < 1.29 is 4.42 Å². The Hall–Kier alpha value is -18.8. The van der Waals surface area contributed by atoms with Gasteiger partial charge < -0.3 is 35.9 Å². The average Bonchev–Trinajstić information content (AvgIpc) is 1.51. The fourth-order valence-corrected chi connectivity index (χ4v) is 26.2. The summed E-state index contributed by atoms with van der Waals surface area (Å²) in [7, 11) is 0. The molecule has 0 aliphatic rings. The van der Waals surface area contributed by atoms with Crippen LogP contribution in [0.3, 0.4) is 0 Å². The van der Waals surface area contributed by atoms with Gasteiger partial charge in [0.2, 0.25) is 0 Å². The third-order valence-electron chi connectivity index (χ3n) is 31.5. The molecule has 644 valence electrons. The molecular formula is C132H75N7O. The van der Waals surface area contributed by atoms with E-state index in [2.05, 4.69) is 480 Å². The van der Waals surface area contributed by atoms with E-state index in [4.69, 9.17) is 4.42 Å². The minimum atomic E-state index is 0.902.